The molecule has 19 heavy (non-hydrogen) atoms. The number of nitrogens with one attached hydrogen (secondary N) is 1. The summed E-state index contributed by atoms with van der Waals surface area (Å²) < 4.78 is 5.81. The Morgan fingerprint density at radius 2 is 1.95 bits per heavy atom. The second-order valence-electron chi connectivity index (χ2n) is 4.82. The maximum absolute atomic E-state index is 5.81. The zero-order chi connectivity index (χ0) is 13.8. The fraction of sp³-hybridized carbons (Fsp3) is 0.400. The highest BCUT2D eigenvalue weighted by Gasteiger charge is 2.11. The van der Waals surface area contributed by atoms with Crippen LogP contribution in [0.1, 0.15) is 37.5 Å². The lowest BCUT2D eigenvalue weighted by molar-refractivity contribution is 0.243. The van der Waals surface area contributed by atoms with Gasteiger partial charge in [-0.1, -0.05) is 12.1 Å². The monoisotopic (exact) mass is 276 g/mol. The van der Waals surface area contributed by atoms with Crippen molar-refractivity contribution in [2.45, 2.75) is 39.8 Å². The molecule has 0 saturated heterocycles. The van der Waals surface area contributed by atoms with Gasteiger partial charge in [0.2, 0.25) is 0 Å². The first-order chi connectivity index (χ1) is 9.06. The molecule has 1 atom stereocenters. The van der Waals surface area contributed by atoms with Gasteiger partial charge in [0.1, 0.15) is 5.75 Å². The molecule has 0 amide bonds. The molecule has 3 nitrogen and oxygen atoms in total. The van der Waals surface area contributed by atoms with Crippen LogP contribution in [0.2, 0.25) is 0 Å². The molecule has 0 spiro atoms. The second-order valence-corrected chi connectivity index (χ2v) is 5.88. The van der Waals surface area contributed by atoms with Crippen molar-refractivity contribution in [2.75, 3.05) is 5.32 Å². The summed E-state index contributed by atoms with van der Waals surface area (Å²) in [6.45, 7) is 8.20. The normalized spacial score (nSPS) is 12.5. The molecule has 0 aliphatic carbocycles. The van der Waals surface area contributed by atoms with Crippen molar-refractivity contribution in [3.8, 4) is 5.75 Å². The van der Waals surface area contributed by atoms with Gasteiger partial charge in [-0.25, -0.2) is 4.98 Å². The molecule has 0 radical (unpaired) electrons. The van der Waals surface area contributed by atoms with Gasteiger partial charge in [0.05, 0.1) is 28.5 Å². The van der Waals surface area contributed by atoms with Crippen molar-refractivity contribution in [1.29, 1.82) is 0 Å². The number of rotatable bonds is 5. The van der Waals surface area contributed by atoms with Gasteiger partial charge in [-0.15, -0.1) is 11.3 Å². The molecule has 102 valence electrons. The van der Waals surface area contributed by atoms with E-state index in [1.54, 1.807) is 11.3 Å². The Labute approximate surface area is 118 Å². The van der Waals surface area contributed by atoms with Crippen molar-refractivity contribution < 1.29 is 4.74 Å². The third-order valence-corrected chi connectivity index (χ3v) is 3.49. The number of para-hydroxylation sites is 2. The fourth-order valence-corrected chi connectivity index (χ4v) is 2.54. The van der Waals surface area contributed by atoms with Crippen molar-refractivity contribution in [3.05, 3.63) is 40.3 Å². The first kappa shape index (κ1) is 13.9. The lowest BCUT2D eigenvalue weighted by Crippen LogP contribution is -2.11. The molecule has 1 aromatic carbocycles. The molecular formula is C15H20N2OS. The Kier molecular flexibility index (Phi) is 4.43. The third-order valence-electron chi connectivity index (χ3n) is 2.70. The van der Waals surface area contributed by atoms with Gasteiger partial charge in [-0.05, 0) is 39.8 Å². The molecule has 0 aliphatic heterocycles. The summed E-state index contributed by atoms with van der Waals surface area (Å²) in [4.78, 5) is 4.51. The number of thiazole rings is 1. The van der Waals surface area contributed by atoms with Crippen LogP contribution in [0.3, 0.4) is 0 Å². The first-order valence-corrected chi connectivity index (χ1v) is 7.38. The lowest BCUT2D eigenvalue weighted by Gasteiger charge is -2.18. The average molecular weight is 276 g/mol. The number of anilines is 1. The first-order valence-electron chi connectivity index (χ1n) is 6.50. The van der Waals surface area contributed by atoms with E-state index >= 15 is 0 Å². The van der Waals surface area contributed by atoms with E-state index in [9.17, 15) is 0 Å². The van der Waals surface area contributed by atoms with Gasteiger partial charge in [0, 0.05) is 5.38 Å². The van der Waals surface area contributed by atoms with Crippen LogP contribution in [0.15, 0.2) is 29.6 Å². The van der Waals surface area contributed by atoms with E-state index in [0.717, 1.165) is 22.1 Å². The summed E-state index contributed by atoms with van der Waals surface area (Å²) in [7, 11) is 0. The molecule has 1 aromatic heterocycles. The molecule has 0 fully saturated rings. The maximum atomic E-state index is 5.81. The smallest absolute Gasteiger partial charge is 0.142 e. The number of aromatic nitrogens is 1. The van der Waals surface area contributed by atoms with Crippen molar-refractivity contribution in [3.63, 3.8) is 0 Å². The lowest BCUT2D eigenvalue weighted by atomic mass is 10.2. The average Bonchev–Trinajstić information content (AvgIpc) is 2.78. The predicted octanol–water partition coefficient (Wildman–Crippen LogP) is 4.41. The molecule has 1 N–H and O–H groups in total. The summed E-state index contributed by atoms with van der Waals surface area (Å²) in [6, 6.07) is 8.19. The minimum Gasteiger partial charge on any atom is -0.489 e. The SMILES string of the molecule is Cc1nc(C(C)Nc2ccccc2OC(C)C)cs1. The highest BCUT2D eigenvalue weighted by Crippen LogP contribution is 2.29. The highest BCUT2D eigenvalue weighted by molar-refractivity contribution is 7.09. The van der Waals surface area contributed by atoms with Crippen molar-refractivity contribution >= 4 is 17.0 Å². The van der Waals surface area contributed by atoms with Crippen LogP contribution in [0.5, 0.6) is 5.75 Å². The largest absolute Gasteiger partial charge is 0.489 e. The van der Waals surface area contributed by atoms with Crippen molar-refractivity contribution in [1.82, 2.24) is 4.98 Å². The number of aryl methyl sites for hydroxylation is 1. The zero-order valence-electron chi connectivity index (χ0n) is 11.8. The summed E-state index contributed by atoms with van der Waals surface area (Å²) in [6.07, 6.45) is 0.166. The predicted molar refractivity (Wildman–Crippen MR) is 81.1 cm³/mol. The van der Waals surface area contributed by atoms with Crippen LogP contribution in [-0.4, -0.2) is 11.1 Å². The van der Waals surface area contributed by atoms with E-state index in [-0.39, 0.29) is 12.1 Å². The molecule has 0 bridgehead atoms. The van der Waals surface area contributed by atoms with Crippen LogP contribution in [0.4, 0.5) is 5.69 Å². The summed E-state index contributed by atoms with van der Waals surface area (Å²) in [5.41, 5.74) is 2.08. The number of nitrogens with zero attached hydrogens (tertiary/aromatic N) is 1. The molecule has 4 heteroatoms. The third kappa shape index (κ3) is 3.70. The maximum Gasteiger partial charge on any atom is 0.142 e. The van der Waals surface area contributed by atoms with Crippen LogP contribution >= 0.6 is 11.3 Å². The molecule has 0 saturated carbocycles. The molecule has 0 aliphatic rings. The number of hydrogen-bond acceptors (Lipinski definition) is 4. The molecule has 2 rings (SSSR count). The topological polar surface area (TPSA) is 34.2 Å². The number of ether oxygens (including phenoxy) is 1. The van der Waals surface area contributed by atoms with Crippen LogP contribution in [0.25, 0.3) is 0 Å². The van der Waals surface area contributed by atoms with Gasteiger partial charge < -0.3 is 10.1 Å². The van der Waals surface area contributed by atoms with Gasteiger partial charge in [-0.3, -0.25) is 0 Å². The van der Waals surface area contributed by atoms with E-state index in [2.05, 4.69) is 22.6 Å². The quantitative estimate of drug-likeness (QED) is 0.878. The second kappa shape index (κ2) is 6.06. The van der Waals surface area contributed by atoms with E-state index in [4.69, 9.17) is 4.74 Å². The van der Waals surface area contributed by atoms with Gasteiger partial charge >= 0.3 is 0 Å². The molecular weight excluding hydrogens is 256 g/mol. The Balaban J connectivity index is 2.14. The van der Waals surface area contributed by atoms with Gasteiger partial charge in [0.25, 0.3) is 0 Å². The van der Waals surface area contributed by atoms with Gasteiger partial charge in [-0.2, -0.15) is 0 Å². The van der Waals surface area contributed by atoms with E-state index in [0.29, 0.717) is 0 Å². The zero-order valence-corrected chi connectivity index (χ0v) is 12.6. The van der Waals surface area contributed by atoms with E-state index < -0.39 is 0 Å². The summed E-state index contributed by atoms with van der Waals surface area (Å²) in [5, 5.41) is 6.65. The van der Waals surface area contributed by atoms with E-state index in [1.165, 1.54) is 0 Å². The highest BCUT2D eigenvalue weighted by atomic mass is 32.1. The molecule has 1 heterocycles. The Bertz CT molecular complexity index is 536. The van der Waals surface area contributed by atoms with Crippen LogP contribution in [-0.2, 0) is 0 Å². The van der Waals surface area contributed by atoms with Crippen LogP contribution in [0, 0.1) is 6.92 Å². The van der Waals surface area contributed by atoms with Gasteiger partial charge in [0.15, 0.2) is 0 Å². The minimum atomic E-state index is 0.166. The van der Waals surface area contributed by atoms with Crippen LogP contribution < -0.4 is 10.1 Å². The Hall–Kier alpha value is -1.55. The number of benzene rings is 1. The van der Waals surface area contributed by atoms with Crippen molar-refractivity contribution in [2.24, 2.45) is 0 Å². The Morgan fingerprint density at radius 3 is 2.58 bits per heavy atom. The fourth-order valence-electron chi connectivity index (χ4n) is 1.83. The summed E-state index contributed by atoms with van der Waals surface area (Å²) >= 11 is 1.68. The summed E-state index contributed by atoms with van der Waals surface area (Å²) in [5.74, 6) is 0.885. The number of hydrogen-bond donors (Lipinski definition) is 1. The Morgan fingerprint density at radius 1 is 1.21 bits per heavy atom. The minimum absolute atomic E-state index is 0.166. The standard InChI is InChI=1S/C15H20N2OS/c1-10(2)18-15-8-6-5-7-13(15)16-11(3)14-9-19-12(4)17-14/h5-11,16H,1-4H3. The molecule has 2 aromatic rings. The van der Waals surface area contributed by atoms with E-state index in [1.807, 2.05) is 45.0 Å². The molecule has 1 unspecified atom stereocenters.